The third-order valence-corrected chi connectivity index (χ3v) is 4.39. The Balaban J connectivity index is 1.68. The van der Waals surface area contributed by atoms with Gasteiger partial charge in [-0.25, -0.2) is 0 Å². The summed E-state index contributed by atoms with van der Waals surface area (Å²) in [6, 6.07) is 3.78. The van der Waals surface area contributed by atoms with Gasteiger partial charge < -0.3 is 15.0 Å². The minimum absolute atomic E-state index is 0.0641. The fourth-order valence-corrected chi connectivity index (χ4v) is 2.97. The monoisotopic (exact) mass is 310 g/mol. The fraction of sp³-hybridized carbons (Fsp3) is 0.600. The topological polar surface area (TPSA) is 58.6 Å². The molecule has 0 radical (unpaired) electrons. The zero-order valence-electron chi connectivity index (χ0n) is 12.5. The van der Waals surface area contributed by atoms with Crippen LogP contribution in [0.3, 0.4) is 0 Å². The highest BCUT2D eigenvalue weighted by Crippen LogP contribution is 2.13. The van der Waals surface area contributed by atoms with Crippen LogP contribution in [-0.4, -0.2) is 48.6 Å². The first-order valence-corrected chi connectivity index (χ1v) is 8.18. The summed E-state index contributed by atoms with van der Waals surface area (Å²) in [6.45, 7) is 5.76. The molecule has 0 aliphatic carbocycles. The molecule has 116 valence electrons. The van der Waals surface area contributed by atoms with E-state index in [-0.39, 0.29) is 24.0 Å². The van der Waals surface area contributed by atoms with Crippen LogP contribution in [0.25, 0.3) is 0 Å². The number of nitrogens with zero attached hydrogens (tertiary/aromatic N) is 1. The molecule has 1 aliphatic rings. The maximum Gasteiger partial charge on any atom is 0.261 e. The van der Waals surface area contributed by atoms with E-state index in [1.807, 2.05) is 30.2 Å². The Bertz CT molecular complexity index is 475. The summed E-state index contributed by atoms with van der Waals surface area (Å²) in [5, 5.41) is 4.71. The van der Waals surface area contributed by atoms with Gasteiger partial charge >= 0.3 is 0 Å². The number of amides is 2. The molecule has 0 aromatic carbocycles. The van der Waals surface area contributed by atoms with Crippen molar-refractivity contribution in [3.8, 4) is 0 Å². The third kappa shape index (κ3) is 4.54. The Hall–Kier alpha value is -1.40. The van der Waals surface area contributed by atoms with Crippen molar-refractivity contribution in [2.75, 3.05) is 19.7 Å². The maximum atomic E-state index is 12.2. The molecule has 1 aromatic heterocycles. The molecule has 2 heterocycles. The van der Waals surface area contributed by atoms with Crippen molar-refractivity contribution < 1.29 is 14.3 Å². The minimum atomic E-state index is -0.0641. The molecule has 1 fully saturated rings. The van der Waals surface area contributed by atoms with Gasteiger partial charge in [0.1, 0.15) is 0 Å². The van der Waals surface area contributed by atoms with E-state index in [0.29, 0.717) is 37.4 Å². The lowest BCUT2D eigenvalue weighted by Crippen LogP contribution is -2.50. The van der Waals surface area contributed by atoms with Crippen LogP contribution in [0.2, 0.25) is 0 Å². The second-order valence-corrected chi connectivity index (χ2v) is 6.32. The van der Waals surface area contributed by atoms with Gasteiger partial charge in [-0.2, -0.15) is 0 Å². The van der Waals surface area contributed by atoms with Crippen molar-refractivity contribution in [1.82, 2.24) is 10.2 Å². The number of hydrogen-bond donors (Lipinski definition) is 1. The van der Waals surface area contributed by atoms with Gasteiger partial charge in [0.05, 0.1) is 23.6 Å². The number of rotatable bonds is 5. The number of carbonyl (C=O) groups excluding carboxylic acids is 2. The second-order valence-electron chi connectivity index (χ2n) is 5.38. The molecular weight excluding hydrogens is 288 g/mol. The number of thiophene rings is 1. The molecule has 1 N–H and O–H groups in total. The number of nitrogens with one attached hydrogen (secondary N) is 1. The molecule has 0 bridgehead atoms. The number of carbonyl (C=O) groups is 2. The molecule has 2 unspecified atom stereocenters. The lowest BCUT2D eigenvalue weighted by molar-refractivity contribution is -0.143. The van der Waals surface area contributed by atoms with Gasteiger partial charge in [-0.15, -0.1) is 11.3 Å². The molecule has 1 aromatic rings. The lowest BCUT2D eigenvalue weighted by Gasteiger charge is -2.36. The highest BCUT2D eigenvalue weighted by Gasteiger charge is 2.26. The Labute approximate surface area is 129 Å². The average molecular weight is 310 g/mol. The van der Waals surface area contributed by atoms with Crippen LogP contribution in [0.1, 0.15) is 36.4 Å². The molecule has 1 aliphatic heterocycles. The molecule has 2 rings (SSSR count). The average Bonchev–Trinajstić information content (AvgIpc) is 3.00. The van der Waals surface area contributed by atoms with Gasteiger partial charge in [0.15, 0.2) is 0 Å². The van der Waals surface area contributed by atoms with E-state index in [2.05, 4.69) is 5.32 Å². The third-order valence-electron chi connectivity index (χ3n) is 3.53. The van der Waals surface area contributed by atoms with E-state index in [4.69, 9.17) is 4.74 Å². The maximum absolute atomic E-state index is 12.2. The van der Waals surface area contributed by atoms with Crippen molar-refractivity contribution in [3.63, 3.8) is 0 Å². The summed E-state index contributed by atoms with van der Waals surface area (Å²) in [5.74, 6) is 0.0776. The molecule has 0 saturated carbocycles. The Kier molecular flexibility index (Phi) is 5.76. The van der Waals surface area contributed by atoms with Gasteiger partial charge in [-0.1, -0.05) is 6.07 Å². The highest BCUT2D eigenvalue weighted by atomic mass is 32.1. The molecule has 6 heteroatoms. The predicted molar refractivity (Wildman–Crippen MR) is 82.5 cm³/mol. The zero-order valence-corrected chi connectivity index (χ0v) is 13.3. The largest absolute Gasteiger partial charge is 0.375 e. The van der Waals surface area contributed by atoms with Crippen molar-refractivity contribution in [2.45, 2.75) is 38.8 Å². The molecule has 5 nitrogen and oxygen atoms in total. The Morgan fingerprint density at radius 3 is 3.00 bits per heavy atom. The fourth-order valence-electron chi connectivity index (χ4n) is 2.33. The van der Waals surface area contributed by atoms with Crippen LogP contribution in [-0.2, 0) is 9.53 Å². The molecule has 2 atom stereocenters. The Morgan fingerprint density at radius 1 is 1.48 bits per heavy atom. The lowest BCUT2D eigenvalue weighted by atomic mass is 10.1. The van der Waals surface area contributed by atoms with E-state index < -0.39 is 0 Å². The van der Waals surface area contributed by atoms with Crippen LogP contribution >= 0.6 is 11.3 Å². The van der Waals surface area contributed by atoms with Crippen molar-refractivity contribution in [2.24, 2.45) is 0 Å². The summed E-state index contributed by atoms with van der Waals surface area (Å²) in [6.07, 6.45) is 1.22. The summed E-state index contributed by atoms with van der Waals surface area (Å²) >= 11 is 1.42. The minimum Gasteiger partial charge on any atom is -0.375 e. The van der Waals surface area contributed by atoms with Crippen LogP contribution in [0, 0.1) is 0 Å². The van der Waals surface area contributed by atoms with Gasteiger partial charge in [-0.05, 0) is 31.7 Å². The first-order valence-electron chi connectivity index (χ1n) is 7.30. The van der Waals surface area contributed by atoms with Crippen molar-refractivity contribution in [3.05, 3.63) is 22.4 Å². The predicted octanol–water partition coefficient (Wildman–Crippen LogP) is 1.89. The van der Waals surface area contributed by atoms with Crippen LogP contribution in [0.4, 0.5) is 0 Å². The van der Waals surface area contributed by atoms with Crippen LogP contribution in [0.5, 0.6) is 0 Å². The van der Waals surface area contributed by atoms with Crippen LogP contribution in [0.15, 0.2) is 17.5 Å². The summed E-state index contributed by atoms with van der Waals surface area (Å²) < 4.78 is 5.52. The molecule has 21 heavy (non-hydrogen) atoms. The van der Waals surface area contributed by atoms with E-state index in [9.17, 15) is 9.59 Å². The van der Waals surface area contributed by atoms with Gasteiger partial charge in [0, 0.05) is 19.5 Å². The Morgan fingerprint density at radius 2 is 2.29 bits per heavy atom. The van der Waals surface area contributed by atoms with Gasteiger partial charge in [0.25, 0.3) is 5.91 Å². The summed E-state index contributed by atoms with van der Waals surface area (Å²) in [4.78, 5) is 26.5. The normalized spacial score (nSPS) is 22.1. The van der Waals surface area contributed by atoms with E-state index >= 15 is 0 Å². The quantitative estimate of drug-likeness (QED) is 0.845. The molecule has 0 spiro atoms. The smallest absolute Gasteiger partial charge is 0.261 e. The van der Waals surface area contributed by atoms with E-state index in [1.165, 1.54) is 11.3 Å². The van der Waals surface area contributed by atoms with Crippen LogP contribution < -0.4 is 5.32 Å². The van der Waals surface area contributed by atoms with Crippen molar-refractivity contribution >= 4 is 23.2 Å². The van der Waals surface area contributed by atoms with Gasteiger partial charge in [-0.3, -0.25) is 9.59 Å². The molecule has 1 saturated heterocycles. The number of hydrogen-bond acceptors (Lipinski definition) is 4. The summed E-state index contributed by atoms with van der Waals surface area (Å²) in [7, 11) is 0. The first kappa shape index (κ1) is 16.0. The standard InChI is InChI=1S/C15H22N2O3S/c1-11-10-20-12(2)9-17(11)14(18)6-3-7-16-15(19)13-5-4-8-21-13/h4-5,8,11-12H,3,6-7,9-10H2,1-2H3,(H,16,19). The van der Waals surface area contributed by atoms with Crippen molar-refractivity contribution in [1.29, 1.82) is 0 Å². The SMILES string of the molecule is CC1CN(C(=O)CCCNC(=O)c2cccs2)C(C)CO1. The number of ether oxygens (including phenoxy) is 1. The highest BCUT2D eigenvalue weighted by molar-refractivity contribution is 7.12. The zero-order chi connectivity index (χ0) is 15.2. The first-order chi connectivity index (χ1) is 10.1. The molecular formula is C15H22N2O3S. The number of morpholine rings is 1. The van der Waals surface area contributed by atoms with E-state index in [0.717, 1.165) is 0 Å². The second kappa shape index (κ2) is 7.56. The van der Waals surface area contributed by atoms with E-state index in [1.54, 1.807) is 6.07 Å². The summed E-state index contributed by atoms with van der Waals surface area (Å²) in [5.41, 5.74) is 0. The molecule has 2 amide bonds. The van der Waals surface area contributed by atoms with Gasteiger partial charge in [0.2, 0.25) is 5.91 Å².